The molecule has 0 amide bonds. The van der Waals surface area contributed by atoms with Gasteiger partial charge in [-0.25, -0.2) is 12.8 Å². The van der Waals surface area contributed by atoms with Crippen LogP contribution < -0.4 is 10.6 Å². The third kappa shape index (κ3) is 6.84. The summed E-state index contributed by atoms with van der Waals surface area (Å²) in [5.74, 6) is 0.0344. The van der Waals surface area contributed by atoms with Crippen LogP contribution in [0.2, 0.25) is 0 Å². The third-order valence-corrected chi connectivity index (χ3v) is 5.72. The minimum atomic E-state index is -3.38. The lowest BCUT2D eigenvalue weighted by Gasteiger charge is -2.12. The highest BCUT2D eigenvalue weighted by molar-refractivity contribution is 14.0. The van der Waals surface area contributed by atoms with Gasteiger partial charge in [0.2, 0.25) is 0 Å². The normalized spacial score (nSPS) is 11.6. The summed E-state index contributed by atoms with van der Waals surface area (Å²) < 4.78 is 39.0. The van der Waals surface area contributed by atoms with E-state index in [1.165, 1.54) is 6.07 Å². The number of nitrogens with one attached hydrogen (secondary N) is 2. The van der Waals surface area contributed by atoms with Crippen LogP contribution in [-0.4, -0.2) is 33.7 Å². The van der Waals surface area contributed by atoms with Gasteiger partial charge < -0.3 is 10.6 Å². The molecule has 0 aliphatic heterocycles. The van der Waals surface area contributed by atoms with E-state index in [-0.39, 0.29) is 53.5 Å². The molecule has 142 valence electrons. The van der Waals surface area contributed by atoms with Gasteiger partial charge in [-0.05, 0) is 30.3 Å². The first-order valence-electron chi connectivity index (χ1n) is 7.58. The average molecular weight is 556 g/mol. The van der Waals surface area contributed by atoms with Crippen molar-refractivity contribution >= 4 is 55.7 Å². The molecule has 0 bridgehead atoms. The topological polar surface area (TPSA) is 70.6 Å². The van der Waals surface area contributed by atoms with Crippen LogP contribution in [0.25, 0.3) is 0 Å². The van der Waals surface area contributed by atoms with Crippen LogP contribution >= 0.6 is 39.9 Å². The Kier molecular flexibility index (Phi) is 9.51. The number of aliphatic imine (C=N–C) groups is 1. The van der Waals surface area contributed by atoms with Gasteiger partial charge in [-0.15, -0.1) is 24.0 Å². The number of hydrogen-bond acceptors (Lipinski definition) is 3. The van der Waals surface area contributed by atoms with Gasteiger partial charge >= 0.3 is 0 Å². The van der Waals surface area contributed by atoms with E-state index in [9.17, 15) is 12.8 Å². The van der Waals surface area contributed by atoms with Crippen LogP contribution in [0.4, 0.5) is 4.39 Å². The molecule has 9 heteroatoms. The molecule has 0 radical (unpaired) electrons. The Hall–Kier alpha value is -1.20. The average Bonchev–Trinajstić information content (AvgIpc) is 2.59. The number of nitrogens with zero attached hydrogens (tertiary/aromatic N) is 1. The minimum Gasteiger partial charge on any atom is -0.355 e. The molecule has 2 N–H and O–H groups in total. The van der Waals surface area contributed by atoms with Crippen molar-refractivity contribution in [3.8, 4) is 0 Å². The minimum absolute atomic E-state index is 0. The predicted molar refractivity (Wildman–Crippen MR) is 116 cm³/mol. The molecule has 0 aliphatic rings. The Morgan fingerprint density at radius 3 is 2.38 bits per heavy atom. The van der Waals surface area contributed by atoms with Gasteiger partial charge in [0.25, 0.3) is 0 Å². The second kappa shape index (κ2) is 10.8. The van der Waals surface area contributed by atoms with Gasteiger partial charge in [-0.2, -0.15) is 0 Å². The van der Waals surface area contributed by atoms with Crippen molar-refractivity contribution in [3.63, 3.8) is 0 Å². The highest BCUT2D eigenvalue weighted by atomic mass is 127. The maximum Gasteiger partial charge on any atom is 0.191 e. The van der Waals surface area contributed by atoms with Crippen LogP contribution in [0.5, 0.6) is 0 Å². The first-order valence-corrected chi connectivity index (χ1v) is 10.0. The zero-order chi connectivity index (χ0) is 18.3. The maximum atomic E-state index is 13.6. The predicted octanol–water partition coefficient (Wildman–Crippen LogP) is 3.35. The zero-order valence-electron chi connectivity index (χ0n) is 14.1. The maximum absolute atomic E-state index is 13.6. The Morgan fingerprint density at radius 1 is 1.12 bits per heavy atom. The Labute approximate surface area is 178 Å². The summed E-state index contributed by atoms with van der Waals surface area (Å²) in [7, 11) is -1.81. The molecule has 0 saturated carbocycles. The summed E-state index contributed by atoms with van der Waals surface area (Å²) in [6.45, 7) is 0.446. The molecule has 0 atom stereocenters. The van der Waals surface area contributed by atoms with Crippen LogP contribution in [0.15, 0.2) is 62.9 Å². The van der Waals surface area contributed by atoms with Gasteiger partial charge in [0.05, 0.1) is 10.6 Å². The Balaban J connectivity index is 0.00000338. The number of rotatable bonds is 6. The van der Waals surface area contributed by atoms with Crippen molar-refractivity contribution in [2.75, 3.05) is 19.3 Å². The molecule has 0 aliphatic carbocycles. The van der Waals surface area contributed by atoms with Crippen molar-refractivity contribution in [2.24, 2.45) is 4.99 Å². The van der Waals surface area contributed by atoms with Crippen molar-refractivity contribution in [1.29, 1.82) is 0 Å². The van der Waals surface area contributed by atoms with Gasteiger partial charge in [0.1, 0.15) is 5.82 Å². The zero-order valence-corrected chi connectivity index (χ0v) is 18.8. The van der Waals surface area contributed by atoms with Crippen molar-refractivity contribution in [3.05, 3.63) is 64.4 Å². The number of hydrogen-bond donors (Lipinski definition) is 2. The van der Waals surface area contributed by atoms with Crippen LogP contribution in [-0.2, 0) is 16.4 Å². The van der Waals surface area contributed by atoms with E-state index < -0.39 is 9.84 Å². The van der Waals surface area contributed by atoms with Crippen molar-refractivity contribution in [1.82, 2.24) is 10.6 Å². The molecule has 26 heavy (non-hydrogen) atoms. The van der Waals surface area contributed by atoms with Gasteiger partial charge in [-0.1, -0.05) is 34.1 Å². The SMILES string of the molecule is CN=C(NCCS(=O)(=O)c1ccc(Br)cc1)NCc1ccccc1F.I. The summed E-state index contributed by atoms with van der Waals surface area (Å²) in [6, 6.07) is 12.9. The fourth-order valence-electron chi connectivity index (χ4n) is 2.10. The first-order chi connectivity index (χ1) is 11.9. The molecule has 2 aromatic rings. The van der Waals surface area contributed by atoms with Crippen molar-refractivity contribution < 1.29 is 12.8 Å². The van der Waals surface area contributed by atoms with E-state index in [2.05, 4.69) is 31.6 Å². The van der Waals surface area contributed by atoms with E-state index in [4.69, 9.17) is 0 Å². The van der Waals surface area contributed by atoms with Crippen molar-refractivity contribution in [2.45, 2.75) is 11.4 Å². The van der Waals surface area contributed by atoms with E-state index in [0.717, 1.165) is 4.47 Å². The molecule has 0 unspecified atom stereocenters. The molecule has 0 saturated heterocycles. The summed E-state index contributed by atoms with van der Waals surface area (Å²) in [5, 5.41) is 5.88. The second-order valence-electron chi connectivity index (χ2n) is 5.22. The van der Waals surface area contributed by atoms with E-state index >= 15 is 0 Å². The Bertz CT molecular complexity index is 845. The molecule has 0 aromatic heterocycles. The molecule has 0 heterocycles. The molecular formula is C17H20BrFIN3O2S. The largest absolute Gasteiger partial charge is 0.355 e. The van der Waals surface area contributed by atoms with Gasteiger partial charge in [-0.3, -0.25) is 4.99 Å². The number of benzene rings is 2. The van der Waals surface area contributed by atoms with Crippen LogP contribution in [0.1, 0.15) is 5.56 Å². The smallest absolute Gasteiger partial charge is 0.191 e. The lowest BCUT2D eigenvalue weighted by molar-refractivity contribution is 0.594. The molecule has 5 nitrogen and oxygen atoms in total. The number of halogens is 3. The summed E-state index contributed by atoms with van der Waals surface area (Å²) >= 11 is 3.28. The summed E-state index contributed by atoms with van der Waals surface area (Å²) in [5.41, 5.74) is 0.507. The lowest BCUT2D eigenvalue weighted by atomic mass is 10.2. The molecule has 2 rings (SSSR count). The highest BCUT2D eigenvalue weighted by Crippen LogP contribution is 2.15. The molecule has 2 aromatic carbocycles. The lowest BCUT2D eigenvalue weighted by Crippen LogP contribution is -2.39. The second-order valence-corrected chi connectivity index (χ2v) is 8.24. The molecule has 0 spiro atoms. The van der Waals surface area contributed by atoms with Gasteiger partial charge in [0.15, 0.2) is 15.8 Å². The number of sulfone groups is 1. The van der Waals surface area contributed by atoms with Crippen LogP contribution in [0, 0.1) is 5.82 Å². The quantitative estimate of drug-likeness (QED) is 0.326. The Morgan fingerprint density at radius 2 is 1.77 bits per heavy atom. The van der Waals surface area contributed by atoms with E-state index in [0.29, 0.717) is 11.5 Å². The first kappa shape index (κ1) is 22.8. The number of guanidine groups is 1. The molecule has 0 fully saturated rings. The van der Waals surface area contributed by atoms with Crippen LogP contribution in [0.3, 0.4) is 0 Å². The van der Waals surface area contributed by atoms with E-state index in [1.807, 2.05) is 0 Å². The third-order valence-electron chi connectivity index (χ3n) is 3.46. The van der Waals surface area contributed by atoms with E-state index in [1.54, 1.807) is 49.5 Å². The summed E-state index contributed by atoms with van der Waals surface area (Å²) in [4.78, 5) is 4.28. The fourth-order valence-corrected chi connectivity index (χ4v) is 3.53. The fraction of sp³-hybridized carbons (Fsp3) is 0.235. The van der Waals surface area contributed by atoms with Gasteiger partial charge in [0, 0.05) is 30.2 Å². The monoisotopic (exact) mass is 555 g/mol. The highest BCUT2D eigenvalue weighted by Gasteiger charge is 2.14. The molecular weight excluding hydrogens is 536 g/mol. The standard InChI is InChI=1S/C17H19BrFN3O2S.HI/c1-20-17(22-12-13-4-2-3-5-16(13)19)21-10-11-25(23,24)15-8-6-14(18)7-9-15;/h2-9H,10-12H2,1H3,(H2,20,21,22);1H. The summed E-state index contributed by atoms with van der Waals surface area (Å²) in [6.07, 6.45) is 0.